The lowest BCUT2D eigenvalue weighted by molar-refractivity contribution is -0.116. The number of hydrogen-bond acceptors (Lipinski definition) is 6. The number of rotatable bonds is 8. The Morgan fingerprint density at radius 2 is 1.97 bits per heavy atom. The van der Waals surface area contributed by atoms with Crippen molar-refractivity contribution in [2.75, 3.05) is 44.7 Å². The van der Waals surface area contributed by atoms with E-state index in [1.807, 2.05) is 6.92 Å². The van der Waals surface area contributed by atoms with Crippen molar-refractivity contribution < 1.29 is 27.5 Å². The Kier molecular flexibility index (Phi) is 6.96. The van der Waals surface area contributed by atoms with Gasteiger partial charge in [-0.3, -0.25) is 4.79 Å². The minimum absolute atomic E-state index is 0.0732. The molecule has 2 fully saturated rings. The summed E-state index contributed by atoms with van der Waals surface area (Å²) in [6, 6.07) is 4.51. The number of carbonyl (C=O) groups is 2. The first-order valence-corrected chi connectivity index (χ1v) is 11.3. The molecule has 0 spiro atoms. The summed E-state index contributed by atoms with van der Waals surface area (Å²) >= 11 is 0. The highest BCUT2D eigenvalue weighted by Crippen LogP contribution is 2.30. The van der Waals surface area contributed by atoms with Gasteiger partial charge in [0.1, 0.15) is 12.4 Å². The molecule has 0 aromatic heterocycles. The van der Waals surface area contributed by atoms with E-state index in [1.54, 1.807) is 6.07 Å². The van der Waals surface area contributed by atoms with Gasteiger partial charge in [-0.15, -0.1) is 0 Å². The molecule has 1 aromatic rings. The van der Waals surface area contributed by atoms with Gasteiger partial charge in [-0.1, -0.05) is 6.42 Å². The van der Waals surface area contributed by atoms with Gasteiger partial charge in [0.2, 0.25) is 15.9 Å². The molecule has 2 aliphatic rings. The molecule has 0 aliphatic carbocycles. The number of amides is 2. The van der Waals surface area contributed by atoms with Crippen LogP contribution in [0.25, 0.3) is 0 Å². The van der Waals surface area contributed by atoms with Crippen molar-refractivity contribution in [3.8, 4) is 5.75 Å². The van der Waals surface area contributed by atoms with Gasteiger partial charge < -0.3 is 19.7 Å². The van der Waals surface area contributed by atoms with Crippen LogP contribution in [-0.4, -0.2) is 69.0 Å². The summed E-state index contributed by atoms with van der Waals surface area (Å²) in [6.07, 6.45) is 2.37. The van der Waals surface area contributed by atoms with Crippen LogP contribution in [0.5, 0.6) is 5.75 Å². The van der Waals surface area contributed by atoms with Crippen LogP contribution in [0, 0.1) is 0 Å². The van der Waals surface area contributed by atoms with Crippen LogP contribution in [0.15, 0.2) is 23.1 Å². The Bertz CT molecular complexity index is 852. The largest absolute Gasteiger partial charge is 0.492 e. The van der Waals surface area contributed by atoms with Crippen LogP contribution < -0.4 is 10.1 Å². The Labute approximate surface area is 171 Å². The monoisotopic (exact) mass is 425 g/mol. The molecule has 0 atom stereocenters. The Morgan fingerprint density at radius 3 is 2.62 bits per heavy atom. The number of benzene rings is 1. The lowest BCUT2D eigenvalue weighted by Gasteiger charge is -2.26. The second-order valence-electron chi connectivity index (χ2n) is 6.96. The van der Waals surface area contributed by atoms with E-state index in [1.165, 1.54) is 21.3 Å². The second kappa shape index (κ2) is 9.45. The normalized spacial score (nSPS) is 17.8. The van der Waals surface area contributed by atoms with Crippen LogP contribution in [0.1, 0.15) is 32.6 Å². The highest BCUT2D eigenvalue weighted by atomic mass is 32.2. The number of ether oxygens (including phenoxy) is 2. The number of nitrogens with zero attached hydrogens (tertiary/aromatic N) is 2. The van der Waals surface area contributed by atoms with Gasteiger partial charge in [0.15, 0.2) is 0 Å². The van der Waals surface area contributed by atoms with Crippen molar-refractivity contribution in [1.29, 1.82) is 0 Å². The maximum atomic E-state index is 12.9. The molecule has 2 aliphatic heterocycles. The van der Waals surface area contributed by atoms with E-state index < -0.39 is 16.1 Å². The van der Waals surface area contributed by atoms with Crippen molar-refractivity contribution in [2.45, 2.75) is 37.5 Å². The molecule has 0 bridgehead atoms. The van der Waals surface area contributed by atoms with Gasteiger partial charge in [0.05, 0.1) is 23.7 Å². The van der Waals surface area contributed by atoms with Crippen molar-refractivity contribution in [3.63, 3.8) is 0 Å². The van der Waals surface area contributed by atoms with Crippen molar-refractivity contribution in [2.24, 2.45) is 0 Å². The van der Waals surface area contributed by atoms with E-state index >= 15 is 0 Å². The number of piperidine rings is 1. The summed E-state index contributed by atoms with van der Waals surface area (Å²) in [5, 5.41) is 2.72. The fourth-order valence-corrected chi connectivity index (χ4v) is 4.92. The van der Waals surface area contributed by atoms with E-state index in [0.717, 1.165) is 19.3 Å². The van der Waals surface area contributed by atoms with Gasteiger partial charge in [0.25, 0.3) is 0 Å². The second-order valence-corrected chi connectivity index (χ2v) is 8.89. The van der Waals surface area contributed by atoms with Crippen LogP contribution in [-0.2, 0) is 19.6 Å². The lowest BCUT2D eigenvalue weighted by atomic mass is 10.2. The molecule has 2 amide bonds. The first-order valence-electron chi connectivity index (χ1n) is 9.90. The van der Waals surface area contributed by atoms with Crippen molar-refractivity contribution in [3.05, 3.63) is 18.2 Å². The Balaban J connectivity index is 1.74. The number of nitrogens with one attached hydrogen (secondary N) is 1. The van der Waals surface area contributed by atoms with E-state index in [9.17, 15) is 18.0 Å². The third-order valence-electron chi connectivity index (χ3n) is 4.93. The zero-order valence-corrected chi connectivity index (χ0v) is 17.4. The minimum Gasteiger partial charge on any atom is -0.492 e. The third kappa shape index (κ3) is 5.18. The number of sulfonamides is 1. The van der Waals surface area contributed by atoms with Crippen LogP contribution in [0.2, 0.25) is 0 Å². The van der Waals surface area contributed by atoms with Crippen molar-refractivity contribution in [1.82, 2.24) is 9.21 Å². The van der Waals surface area contributed by atoms with Crippen LogP contribution in [0.4, 0.5) is 10.5 Å². The average Bonchev–Trinajstić information content (AvgIpc) is 3.13. The van der Waals surface area contributed by atoms with E-state index in [4.69, 9.17) is 9.47 Å². The molecule has 0 unspecified atom stereocenters. The fourth-order valence-electron chi connectivity index (χ4n) is 3.38. The molecule has 29 heavy (non-hydrogen) atoms. The predicted octanol–water partition coefficient (Wildman–Crippen LogP) is 2.04. The van der Waals surface area contributed by atoms with E-state index in [-0.39, 0.29) is 23.8 Å². The van der Waals surface area contributed by atoms with Gasteiger partial charge in [0, 0.05) is 26.1 Å². The number of cyclic esters (lactones) is 1. The first kappa shape index (κ1) is 21.4. The number of anilines is 1. The maximum absolute atomic E-state index is 12.9. The molecule has 3 rings (SSSR count). The number of carbonyl (C=O) groups excluding carboxylic acids is 2. The molecular weight excluding hydrogens is 398 g/mol. The highest BCUT2D eigenvalue weighted by Gasteiger charge is 2.27. The van der Waals surface area contributed by atoms with E-state index in [0.29, 0.717) is 44.3 Å². The summed E-state index contributed by atoms with van der Waals surface area (Å²) < 4.78 is 37.8. The Morgan fingerprint density at radius 1 is 1.21 bits per heavy atom. The van der Waals surface area contributed by atoms with Crippen LogP contribution in [0.3, 0.4) is 0 Å². The van der Waals surface area contributed by atoms with Gasteiger partial charge in [-0.25, -0.2) is 13.2 Å². The zero-order valence-electron chi connectivity index (χ0n) is 16.6. The standard InChI is InChI=1S/C19H27N3O6S/c1-2-27-17-7-6-15(29(25,26)22-9-4-3-5-10-22)14-16(17)20-18(23)8-11-21-12-13-28-19(21)24/h6-7,14H,2-5,8-13H2,1H3,(H,20,23). The van der Waals surface area contributed by atoms with Gasteiger partial charge in [-0.05, 0) is 38.0 Å². The maximum Gasteiger partial charge on any atom is 0.409 e. The summed E-state index contributed by atoms with van der Waals surface area (Å²) in [5.74, 6) is 0.0669. The van der Waals surface area contributed by atoms with Gasteiger partial charge in [-0.2, -0.15) is 4.31 Å². The van der Waals surface area contributed by atoms with Crippen LogP contribution >= 0.6 is 0 Å². The number of hydrogen-bond donors (Lipinski definition) is 1. The topological polar surface area (TPSA) is 105 Å². The predicted molar refractivity (Wildman–Crippen MR) is 106 cm³/mol. The van der Waals surface area contributed by atoms with E-state index in [2.05, 4.69) is 5.32 Å². The summed E-state index contributed by atoms with van der Waals surface area (Å²) in [6.45, 7) is 4.21. The highest BCUT2D eigenvalue weighted by molar-refractivity contribution is 7.89. The molecule has 0 radical (unpaired) electrons. The SMILES string of the molecule is CCOc1ccc(S(=O)(=O)N2CCCCC2)cc1NC(=O)CCN1CCOC1=O. The molecule has 2 heterocycles. The fraction of sp³-hybridized carbons (Fsp3) is 0.579. The molecule has 0 saturated carbocycles. The molecule has 1 aromatic carbocycles. The lowest BCUT2D eigenvalue weighted by Crippen LogP contribution is -2.35. The average molecular weight is 426 g/mol. The molecular formula is C19H27N3O6S. The molecule has 9 nitrogen and oxygen atoms in total. The molecule has 1 N–H and O–H groups in total. The summed E-state index contributed by atoms with van der Waals surface area (Å²) in [4.78, 5) is 25.4. The summed E-state index contributed by atoms with van der Waals surface area (Å²) in [5.41, 5.74) is 0.305. The smallest absolute Gasteiger partial charge is 0.409 e. The minimum atomic E-state index is -3.63. The van der Waals surface area contributed by atoms with Crippen molar-refractivity contribution >= 4 is 27.7 Å². The van der Waals surface area contributed by atoms with Gasteiger partial charge >= 0.3 is 6.09 Å². The zero-order chi connectivity index (χ0) is 20.9. The Hall–Kier alpha value is -2.33. The molecule has 10 heteroatoms. The summed E-state index contributed by atoms with van der Waals surface area (Å²) in [7, 11) is -3.63. The first-order chi connectivity index (χ1) is 13.9. The molecule has 2 saturated heterocycles. The quantitative estimate of drug-likeness (QED) is 0.683. The molecule has 160 valence electrons. The third-order valence-corrected chi connectivity index (χ3v) is 6.83.